The molecule has 0 saturated heterocycles. The first kappa shape index (κ1) is 21.6. The molecular formula is C28H25N3O3. The van der Waals surface area contributed by atoms with Gasteiger partial charge in [0.1, 0.15) is 11.3 Å². The minimum atomic E-state index is -0.986. The van der Waals surface area contributed by atoms with Crippen LogP contribution in [0.3, 0.4) is 0 Å². The number of furan rings is 1. The summed E-state index contributed by atoms with van der Waals surface area (Å²) in [6.07, 6.45) is 2.00. The number of aromatic nitrogens is 2. The van der Waals surface area contributed by atoms with E-state index in [2.05, 4.69) is 17.0 Å². The number of aryl methyl sites for hydroxylation is 1. The largest absolute Gasteiger partial charge is 0.478 e. The number of carboxylic acids is 1. The van der Waals surface area contributed by atoms with Crippen molar-refractivity contribution in [2.75, 3.05) is 11.4 Å². The molecule has 6 nitrogen and oxygen atoms in total. The Labute approximate surface area is 197 Å². The summed E-state index contributed by atoms with van der Waals surface area (Å²) in [6, 6.07) is 23.0. The number of benzene rings is 3. The maximum absolute atomic E-state index is 11.5. The van der Waals surface area contributed by atoms with Crippen molar-refractivity contribution in [3.05, 3.63) is 83.9 Å². The van der Waals surface area contributed by atoms with Crippen molar-refractivity contribution in [3.8, 4) is 11.5 Å². The first-order chi connectivity index (χ1) is 16.7. The van der Waals surface area contributed by atoms with Gasteiger partial charge in [-0.25, -0.2) is 14.8 Å². The average Bonchev–Trinajstić information content (AvgIpc) is 3.32. The van der Waals surface area contributed by atoms with Gasteiger partial charge < -0.3 is 14.4 Å². The maximum atomic E-state index is 11.5. The Morgan fingerprint density at radius 2 is 1.74 bits per heavy atom. The zero-order valence-electron chi connectivity index (χ0n) is 19.2. The lowest BCUT2D eigenvalue weighted by Gasteiger charge is -2.31. The summed E-state index contributed by atoms with van der Waals surface area (Å²) < 4.78 is 6.16. The third-order valence-corrected chi connectivity index (χ3v) is 5.92. The van der Waals surface area contributed by atoms with Gasteiger partial charge in [0.05, 0.1) is 16.6 Å². The summed E-state index contributed by atoms with van der Waals surface area (Å²) in [5, 5.41) is 10.4. The SMILES string of the molecule is CC.O=C(O)c1ccc2nc(-c3cc4ccccc4o3)c(N3CCCc4ccccc43)nc2c1. The van der Waals surface area contributed by atoms with E-state index in [9.17, 15) is 9.90 Å². The van der Waals surface area contributed by atoms with Crippen LogP contribution in [0.2, 0.25) is 0 Å². The Balaban J connectivity index is 0.00000117. The second-order valence-electron chi connectivity index (χ2n) is 7.94. The molecular weight excluding hydrogens is 426 g/mol. The van der Waals surface area contributed by atoms with E-state index in [1.165, 1.54) is 5.56 Å². The third kappa shape index (κ3) is 3.77. The molecule has 1 N–H and O–H groups in total. The summed E-state index contributed by atoms with van der Waals surface area (Å²) >= 11 is 0. The number of fused-ring (bicyclic) bond motifs is 3. The molecule has 3 heterocycles. The number of rotatable bonds is 3. The normalized spacial score (nSPS) is 12.8. The van der Waals surface area contributed by atoms with Crippen LogP contribution >= 0.6 is 0 Å². The van der Waals surface area contributed by atoms with Crippen molar-refractivity contribution in [1.82, 2.24) is 9.97 Å². The second-order valence-corrected chi connectivity index (χ2v) is 7.94. The van der Waals surface area contributed by atoms with E-state index in [1.807, 2.05) is 56.3 Å². The molecule has 170 valence electrons. The number of hydrogen-bond donors (Lipinski definition) is 1. The molecule has 0 amide bonds. The molecule has 3 aromatic carbocycles. The van der Waals surface area contributed by atoms with Gasteiger partial charge in [-0.1, -0.05) is 50.2 Å². The summed E-state index contributed by atoms with van der Waals surface area (Å²) in [5.74, 6) is 0.326. The first-order valence-corrected chi connectivity index (χ1v) is 11.6. The Hall–Kier alpha value is -4.19. The van der Waals surface area contributed by atoms with Crippen LogP contribution in [-0.4, -0.2) is 27.6 Å². The molecule has 0 radical (unpaired) electrons. The Morgan fingerprint density at radius 1 is 0.941 bits per heavy atom. The molecule has 34 heavy (non-hydrogen) atoms. The molecule has 2 aromatic heterocycles. The number of anilines is 2. The quantitative estimate of drug-likeness (QED) is 0.323. The topological polar surface area (TPSA) is 79.5 Å². The van der Waals surface area contributed by atoms with Crippen LogP contribution in [0.15, 0.2) is 77.2 Å². The van der Waals surface area contributed by atoms with E-state index in [1.54, 1.807) is 18.2 Å². The summed E-state index contributed by atoms with van der Waals surface area (Å²) in [7, 11) is 0. The number of carboxylic acid groups (broad SMARTS) is 1. The fraction of sp³-hybridized carbons (Fsp3) is 0.179. The van der Waals surface area contributed by atoms with E-state index in [0.29, 0.717) is 28.3 Å². The highest BCUT2D eigenvalue weighted by Crippen LogP contribution is 2.39. The number of para-hydroxylation sites is 2. The number of aromatic carboxylic acids is 1. The highest BCUT2D eigenvalue weighted by molar-refractivity contribution is 5.94. The molecule has 0 aliphatic carbocycles. The van der Waals surface area contributed by atoms with Crippen LogP contribution in [-0.2, 0) is 6.42 Å². The average molecular weight is 452 g/mol. The second kappa shape index (κ2) is 8.98. The van der Waals surface area contributed by atoms with Crippen molar-refractivity contribution in [2.24, 2.45) is 0 Å². The van der Waals surface area contributed by atoms with Crippen LogP contribution in [0.25, 0.3) is 33.5 Å². The lowest BCUT2D eigenvalue weighted by atomic mass is 10.0. The molecule has 0 spiro atoms. The monoisotopic (exact) mass is 451 g/mol. The molecule has 0 bridgehead atoms. The summed E-state index contributed by atoms with van der Waals surface area (Å²) in [4.78, 5) is 23.5. The van der Waals surface area contributed by atoms with Gasteiger partial charge in [0, 0.05) is 17.6 Å². The predicted octanol–water partition coefficient (Wildman–Crippen LogP) is 6.85. The highest BCUT2D eigenvalue weighted by atomic mass is 16.4. The fourth-order valence-corrected chi connectivity index (χ4v) is 4.38. The van der Waals surface area contributed by atoms with Gasteiger partial charge in [0.2, 0.25) is 0 Å². The molecule has 6 heteroatoms. The van der Waals surface area contributed by atoms with Gasteiger partial charge in [-0.3, -0.25) is 0 Å². The fourth-order valence-electron chi connectivity index (χ4n) is 4.38. The molecule has 5 aromatic rings. The van der Waals surface area contributed by atoms with Gasteiger partial charge in [0.25, 0.3) is 0 Å². The Kier molecular flexibility index (Phi) is 5.72. The van der Waals surface area contributed by atoms with Crippen molar-refractivity contribution in [2.45, 2.75) is 26.7 Å². The van der Waals surface area contributed by atoms with Crippen LogP contribution in [0.1, 0.15) is 36.2 Å². The molecule has 1 aliphatic rings. The molecule has 0 atom stereocenters. The van der Waals surface area contributed by atoms with E-state index in [-0.39, 0.29) is 5.56 Å². The Morgan fingerprint density at radius 3 is 2.56 bits per heavy atom. The van der Waals surface area contributed by atoms with Gasteiger partial charge in [-0.2, -0.15) is 0 Å². The van der Waals surface area contributed by atoms with Gasteiger partial charge in [0.15, 0.2) is 11.6 Å². The zero-order chi connectivity index (χ0) is 23.7. The lowest BCUT2D eigenvalue weighted by Crippen LogP contribution is -2.26. The van der Waals surface area contributed by atoms with Gasteiger partial charge in [-0.05, 0) is 54.8 Å². The summed E-state index contributed by atoms with van der Waals surface area (Å²) in [6.45, 7) is 4.79. The zero-order valence-corrected chi connectivity index (χ0v) is 19.2. The summed E-state index contributed by atoms with van der Waals surface area (Å²) in [5.41, 5.74) is 5.15. The van der Waals surface area contributed by atoms with Crippen LogP contribution in [0.5, 0.6) is 0 Å². The number of nitrogens with zero attached hydrogens (tertiary/aromatic N) is 3. The van der Waals surface area contributed by atoms with Crippen molar-refractivity contribution in [3.63, 3.8) is 0 Å². The number of hydrogen-bond acceptors (Lipinski definition) is 5. The van der Waals surface area contributed by atoms with Gasteiger partial charge in [-0.15, -0.1) is 0 Å². The first-order valence-electron chi connectivity index (χ1n) is 11.6. The van der Waals surface area contributed by atoms with Crippen molar-refractivity contribution < 1.29 is 14.3 Å². The van der Waals surface area contributed by atoms with E-state index >= 15 is 0 Å². The minimum Gasteiger partial charge on any atom is -0.478 e. The minimum absolute atomic E-state index is 0.188. The smallest absolute Gasteiger partial charge is 0.335 e. The van der Waals surface area contributed by atoms with Gasteiger partial charge >= 0.3 is 5.97 Å². The number of carbonyl (C=O) groups is 1. The third-order valence-electron chi connectivity index (χ3n) is 5.92. The molecule has 0 unspecified atom stereocenters. The standard InChI is InChI=1S/C26H19N3O3.C2H6/c30-26(31)18-11-12-19-20(14-18)28-25(29-13-5-8-16-6-1-3-9-21(16)29)24(27-19)23-15-17-7-2-4-10-22(17)32-23;1-2/h1-4,6-7,9-12,14-15H,5,8,13H2,(H,30,31);1-2H3. The van der Waals surface area contributed by atoms with E-state index in [0.717, 1.165) is 36.0 Å². The van der Waals surface area contributed by atoms with Crippen molar-refractivity contribution >= 4 is 39.5 Å². The van der Waals surface area contributed by atoms with Crippen molar-refractivity contribution in [1.29, 1.82) is 0 Å². The van der Waals surface area contributed by atoms with E-state index < -0.39 is 5.97 Å². The Bertz CT molecular complexity index is 1470. The molecule has 0 saturated carbocycles. The van der Waals surface area contributed by atoms with Crippen LogP contribution in [0.4, 0.5) is 11.5 Å². The highest BCUT2D eigenvalue weighted by Gasteiger charge is 2.25. The van der Waals surface area contributed by atoms with Crippen LogP contribution in [0, 0.1) is 0 Å². The predicted molar refractivity (Wildman–Crippen MR) is 135 cm³/mol. The molecule has 6 rings (SSSR count). The maximum Gasteiger partial charge on any atom is 0.335 e. The molecule has 0 fully saturated rings. The molecule has 1 aliphatic heterocycles. The lowest BCUT2D eigenvalue weighted by molar-refractivity contribution is 0.0697. The van der Waals surface area contributed by atoms with E-state index in [4.69, 9.17) is 14.4 Å². The van der Waals surface area contributed by atoms with Crippen LogP contribution < -0.4 is 4.90 Å².